The van der Waals surface area contributed by atoms with Gasteiger partial charge in [0, 0.05) is 39.6 Å². The molecule has 5 nitrogen and oxygen atoms in total. The highest BCUT2D eigenvalue weighted by Gasteiger charge is 2.09. The second-order valence-corrected chi connectivity index (χ2v) is 3.80. The van der Waals surface area contributed by atoms with Crippen LogP contribution in [0.1, 0.15) is 32.6 Å². The predicted octanol–water partition coefficient (Wildman–Crippen LogP) is 1.21. The minimum Gasteiger partial charge on any atom is -0.469 e. The second kappa shape index (κ2) is 10.1. The van der Waals surface area contributed by atoms with Gasteiger partial charge >= 0.3 is 5.97 Å². The van der Waals surface area contributed by atoms with Crippen LogP contribution in [0.25, 0.3) is 0 Å². The van der Waals surface area contributed by atoms with Crippen molar-refractivity contribution in [3.63, 3.8) is 0 Å². The van der Waals surface area contributed by atoms with Crippen molar-refractivity contribution in [2.75, 3.05) is 33.9 Å². The molecule has 0 aromatic heterocycles. The number of carbonyl (C=O) groups is 2. The molecular weight excluding hydrogens is 222 g/mol. The molecule has 0 fully saturated rings. The van der Waals surface area contributed by atoms with Crippen molar-refractivity contribution in [1.82, 2.24) is 4.90 Å². The lowest BCUT2D eigenvalue weighted by Crippen LogP contribution is -2.28. The molecule has 0 atom stereocenters. The van der Waals surface area contributed by atoms with E-state index >= 15 is 0 Å². The number of nitrogens with zero attached hydrogens (tertiary/aromatic N) is 1. The third-order valence-corrected chi connectivity index (χ3v) is 2.41. The van der Waals surface area contributed by atoms with E-state index in [-0.39, 0.29) is 11.9 Å². The Bertz CT molecular complexity index is 231. The summed E-state index contributed by atoms with van der Waals surface area (Å²) in [5, 5.41) is 0. The zero-order chi connectivity index (χ0) is 13.1. The summed E-state index contributed by atoms with van der Waals surface area (Å²) in [7, 11) is 3.12. The molecule has 0 saturated carbocycles. The molecule has 0 heterocycles. The third-order valence-electron chi connectivity index (χ3n) is 2.41. The van der Waals surface area contributed by atoms with Crippen LogP contribution in [-0.4, -0.2) is 50.7 Å². The minimum absolute atomic E-state index is 0.0922. The fourth-order valence-electron chi connectivity index (χ4n) is 1.35. The van der Waals surface area contributed by atoms with E-state index in [4.69, 9.17) is 4.74 Å². The molecule has 0 spiro atoms. The van der Waals surface area contributed by atoms with Gasteiger partial charge in [0.05, 0.1) is 7.11 Å². The Morgan fingerprint density at radius 3 is 2.47 bits per heavy atom. The smallest absolute Gasteiger partial charge is 0.305 e. The molecule has 0 aliphatic heterocycles. The monoisotopic (exact) mass is 245 g/mol. The molecule has 0 saturated heterocycles. The van der Waals surface area contributed by atoms with Gasteiger partial charge < -0.3 is 14.4 Å². The fourth-order valence-corrected chi connectivity index (χ4v) is 1.35. The zero-order valence-electron chi connectivity index (χ0n) is 11.0. The number of ether oxygens (including phenoxy) is 2. The van der Waals surface area contributed by atoms with Gasteiger partial charge in [-0.3, -0.25) is 9.59 Å². The predicted molar refractivity (Wildman–Crippen MR) is 64.6 cm³/mol. The lowest BCUT2D eigenvalue weighted by molar-refractivity contribution is -0.141. The topological polar surface area (TPSA) is 55.8 Å². The van der Waals surface area contributed by atoms with Crippen molar-refractivity contribution in [1.29, 1.82) is 0 Å². The molecule has 100 valence electrons. The number of methoxy groups -OCH3 is 1. The Balaban J connectivity index is 3.56. The number of hydrogen-bond donors (Lipinski definition) is 0. The Hall–Kier alpha value is -1.10. The van der Waals surface area contributed by atoms with Crippen LogP contribution in [0.4, 0.5) is 0 Å². The van der Waals surface area contributed by atoms with Crippen LogP contribution < -0.4 is 0 Å². The summed E-state index contributed by atoms with van der Waals surface area (Å²) in [6, 6.07) is 0. The van der Waals surface area contributed by atoms with Gasteiger partial charge in [-0.2, -0.15) is 0 Å². The standard InChI is InChI=1S/C12H23NO4/c1-4-17-10-6-7-11(14)13(2)9-5-8-12(15)16-3/h4-10H2,1-3H3. The molecule has 0 aliphatic rings. The SMILES string of the molecule is CCOCCCC(=O)N(C)CCCC(=O)OC. The van der Waals surface area contributed by atoms with Gasteiger partial charge in [-0.15, -0.1) is 0 Å². The van der Waals surface area contributed by atoms with E-state index in [2.05, 4.69) is 4.74 Å². The Labute approximate surface area is 103 Å². The van der Waals surface area contributed by atoms with Crippen LogP contribution >= 0.6 is 0 Å². The van der Waals surface area contributed by atoms with E-state index < -0.39 is 0 Å². The summed E-state index contributed by atoms with van der Waals surface area (Å²) in [5.74, 6) is -0.142. The fraction of sp³-hybridized carbons (Fsp3) is 0.833. The summed E-state index contributed by atoms with van der Waals surface area (Å²) < 4.78 is 9.68. The lowest BCUT2D eigenvalue weighted by atomic mass is 10.2. The highest BCUT2D eigenvalue weighted by Crippen LogP contribution is 2.00. The van der Waals surface area contributed by atoms with Crippen LogP contribution in [0.3, 0.4) is 0 Å². The van der Waals surface area contributed by atoms with Crippen molar-refractivity contribution in [2.24, 2.45) is 0 Å². The summed E-state index contributed by atoms with van der Waals surface area (Å²) in [6.07, 6.45) is 2.23. The molecule has 0 unspecified atom stereocenters. The van der Waals surface area contributed by atoms with E-state index in [1.807, 2.05) is 6.92 Å². The van der Waals surface area contributed by atoms with Crippen molar-refractivity contribution >= 4 is 11.9 Å². The molecule has 0 aromatic rings. The van der Waals surface area contributed by atoms with Crippen LogP contribution in [0, 0.1) is 0 Å². The van der Waals surface area contributed by atoms with E-state index in [0.717, 1.165) is 6.42 Å². The maximum Gasteiger partial charge on any atom is 0.305 e. The van der Waals surface area contributed by atoms with Gasteiger partial charge in [0.2, 0.25) is 5.91 Å². The molecule has 5 heteroatoms. The van der Waals surface area contributed by atoms with Crippen LogP contribution in [0.5, 0.6) is 0 Å². The Kier molecular flexibility index (Phi) is 9.43. The van der Waals surface area contributed by atoms with Crippen molar-refractivity contribution in [2.45, 2.75) is 32.6 Å². The van der Waals surface area contributed by atoms with Crippen molar-refractivity contribution in [3.05, 3.63) is 0 Å². The van der Waals surface area contributed by atoms with Gasteiger partial charge in [0.1, 0.15) is 0 Å². The molecule has 0 bridgehead atoms. The number of rotatable bonds is 9. The average Bonchev–Trinajstić information content (AvgIpc) is 2.33. The Morgan fingerprint density at radius 1 is 1.18 bits per heavy atom. The molecule has 0 aromatic carbocycles. The van der Waals surface area contributed by atoms with Gasteiger partial charge in [-0.25, -0.2) is 0 Å². The Morgan fingerprint density at radius 2 is 1.88 bits per heavy atom. The third kappa shape index (κ3) is 8.68. The normalized spacial score (nSPS) is 10.1. The van der Waals surface area contributed by atoms with Gasteiger partial charge in [0.15, 0.2) is 0 Å². The number of carbonyl (C=O) groups excluding carboxylic acids is 2. The summed E-state index contributed by atoms with van der Waals surface area (Å²) in [5.41, 5.74) is 0. The highest BCUT2D eigenvalue weighted by molar-refractivity contribution is 5.75. The van der Waals surface area contributed by atoms with E-state index in [1.165, 1.54) is 7.11 Å². The molecular formula is C12H23NO4. The largest absolute Gasteiger partial charge is 0.469 e. The molecule has 0 radical (unpaired) electrons. The average molecular weight is 245 g/mol. The highest BCUT2D eigenvalue weighted by atomic mass is 16.5. The molecule has 1 amide bonds. The van der Waals surface area contributed by atoms with E-state index in [1.54, 1.807) is 11.9 Å². The van der Waals surface area contributed by atoms with E-state index in [0.29, 0.717) is 39.0 Å². The summed E-state index contributed by atoms with van der Waals surface area (Å²) in [4.78, 5) is 24.1. The van der Waals surface area contributed by atoms with Gasteiger partial charge in [0.25, 0.3) is 0 Å². The van der Waals surface area contributed by atoms with Gasteiger partial charge in [-0.1, -0.05) is 0 Å². The van der Waals surface area contributed by atoms with Gasteiger partial charge in [-0.05, 0) is 19.8 Å². The van der Waals surface area contributed by atoms with Crippen LogP contribution in [0.15, 0.2) is 0 Å². The minimum atomic E-state index is -0.234. The molecule has 17 heavy (non-hydrogen) atoms. The molecule has 0 rings (SSSR count). The van der Waals surface area contributed by atoms with Crippen molar-refractivity contribution < 1.29 is 19.1 Å². The molecule has 0 N–H and O–H groups in total. The van der Waals surface area contributed by atoms with Crippen LogP contribution in [-0.2, 0) is 19.1 Å². The first-order valence-electron chi connectivity index (χ1n) is 6.00. The first kappa shape index (κ1) is 15.9. The molecule has 0 aliphatic carbocycles. The summed E-state index contributed by atoms with van der Waals surface area (Å²) in [6.45, 7) is 3.82. The zero-order valence-corrected chi connectivity index (χ0v) is 11.0. The first-order chi connectivity index (χ1) is 8.11. The number of amides is 1. The summed E-state index contributed by atoms with van der Waals surface area (Å²) >= 11 is 0. The maximum atomic E-state index is 11.6. The van der Waals surface area contributed by atoms with Crippen molar-refractivity contribution in [3.8, 4) is 0 Å². The quantitative estimate of drug-likeness (QED) is 0.452. The second-order valence-electron chi connectivity index (χ2n) is 3.80. The van der Waals surface area contributed by atoms with Crippen LogP contribution in [0.2, 0.25) is 0 Å². The lowest BCUT2D eigenvalue weighted by Gasteiger charge is -2.16. The number of hydrogen-bond acceptors (Lipinski definition) is 4. The maximum absolute atomic E-state index is 11.6. The van der Waals surface area contributed by atoms with E-state index in [9.17, 15) is 9.59 Å². The first-order valence-corrected chi connectivity index (χ1v) is 6.00. The number of esters is 1.